The molecular formula is C25H22N4. The van der Waals surface area contributed by atoms with Crippen LogP contribution in [0.4, 0.5) is 0 Å². The van der Waals surface area contributed by atoms with Gasteiger partial charge in [-0.2, -0.15) is 5.26 Å². The Hall–Kier alpha value is -3.68. The van der Waals surface area contributed by atoms with Crippen LogP contribution in [0.25, 0.3) is 0 Å². The molecule has 4 aromatic rings. The first-order chi connectivity index (χ1) is 14.2. The van der Waals surface area contributed by atoms with Crippen LogP contribution in [0.15, 0.2) is 104 Å². The molecule has 0 aliphatic rings. The van der Waals surface area contributed by atoms with Crippen LogP contribution in [0.3, 0.4) is 0 Å². The summed E-state index contributed by atoms with van der Waals surface area (Å²) in [6.07, 6.45) is 4.26. The molecule has 0 aliphatic carbocycles. The van der Waals surface area contributed by atoms with E-state index >= 15 is 0 Å². The van der Waals surface area contributed by atoms with Gasteiger partial charge in [-0.1, -0.05) is 91.0 Å². The van der Waals surface area contributed by atoms with Crippen LogP contribution in [-0.4, -0.2) is 15.6 Å². The third-order valence-electron chi connectivity index (χ3n) is 5.19. The van der Waals surface area contributed by atoms with Crippen LogP contribution in [0.5, 0.6) is 0 Å². The Balaban J connectivity index is 2.00. The summed E-state index contributed by atoms with van der Waals surface area (Å²) in [5.41, 5.74) is 9.44. The van der Waals surface area contributed by atoms with Crippen LogP contribution in [0.1, 0.15) is 22.4 Å². The third kappa shape index (κ3) is 3.44. The zero-order valence-corrected chi connectivity index (χ0v) is 16.0. The average Bonchev–Trinajstić information content (AvgIpc) is 3.25. The summed E-state index contributed by atoms with van der Waals surface area (Å²) in [5.74, 6) is 0. The first-order valence-corrected chi connectivity index (χ1v) is 9.60. The molecule has 0 aliphatic heterocycles. The summed E-state index contributed by atoms with van der Waals surface area (Å²) in [7, 11) is 0. The number of imidazole rings is 1. The van der Waals surface area contributed by atoms with E-state index in [1.54, 1.807) is 0 Å². The van der Waals surface area contributed by atoms with Crippen molar-refractivity contribution in [2.45, 2.75) is 18.0 Å². The summed E-state index contributed by atoms with van der Waals surface area (Å²) in [6, 6.07) is 32.8. The number of nitrogens with two attached hydrogens (primary N) is 1. The molecule has 1 unspecified atom stereocenters. The van der Waals surface area contributed by atoms with Gasteiger partial charge in [-0.25, -0.2) is 4.98 Å². The zero-order chi connectivity index (χ0) is 20.1. The monoisotopic (exact) mass is 378 g/mol. The van der Waals surface area contributed by atoms with Gasteiger partial charge in [-0.15, -0.1) is 0 Å². The molecular weight excluding hydrogens is 356 g/mol. The second-order valence-electron chi connectivity index (χ2n) is 7.02. The number of benzene rings is 3. The summed E-state index contributed by atoms with van der Waals surface area (Å²) in [6.45, 7) is 0. The highest BCUT2D eigenvalue weighted by Gasteiger charge is 2.38. The lowest BCUT2D eigenvalue weighted by Gasteiger charge is -2.37. The van der Waals surface area contributed by atoms with Gasteiger partial charge in [0.1, 0.15) is 5.54 Å². The SMILES string of the molecule is N#CC(N)Cc1cn(C(c2ccccc2)(c2ccccc2)c2ccccc2)cn1. The van der Waals surface area contributed by atoms with Crippen molar-refractivity contribution in [2.24, 2.45) is 5.73 Å². The van der Waals surface area contributed by atoms with Gasteiger partial charge in [0, 0.05) is 12.6 Å². The molecule has 4 heteroatoms. The van der Waals surface area contributed by atoms with Crippen molar-refractivity contribution in [1.82, 2.24) is 9.55 Å². The molecule has 0 bridgehead atoms. The normalized spacial score (nSPS) is 12.3. The van der Waals surface area contributed by atoms with Gasteiger partial charge >= 0.3 is 0 Å². The molecule has 4 nitrogen and oxygen atoms in total. The van der Waals surface area contributed by atoms with Gasteiger partial charge in [-0.3, -0.25) is 0 Å². The fraction of sp³-hybridized carbons (Fsp3) is 0.120. The lowest BCUT2D eigenvalue weighted by Crippen LogP contribution is -2.37. The van der Waals surface area contributed by atoms with Crippen molar-refractivity contribution in [3.05, 3.63) is 126 Å². The van der Waals surface area contributed by atoms with Crippen molar-refractivity contribution < 1.29 is 0 Å². The van der Waals surface area contributed by atoms with E-state index < -0.39 is 11.6 Å². The standard InChI is InChI=1S/C25H22N4/c26-17-23(27)16-24-18-29(19-28-24)25(20-10-4-1-5-11-20,21-12-6-2-7-13-21)22-14-8-3-9-15-22/h1-15,18-19,23H,16,27H2. The number of aromatic nitrogens is 2. The quantitative estimate of drug-likeness (QED) is 0.513. The average molecular weight is 378 g/mol. The number of hydrogen-bond donors (Lipinski definition) is 1. The van der Waals surface area contributed by atoms with E-state index in [9.17, 15) is 0 Å². The van der Waals surface area contributed by atoms with Crippen LogP contribution in [0.2, 0.25) is 0 Å². The maximum atomic E-state index is 9.09. The maximum absolute atomic E-state index is 9.09. The fourth-order valence-corrected chi connectivity index (χ4v) is 3.91. The van der Waals surface area contributed by atoms with E-state index in [4.69, 9.17) is 11.0 Å². The molecule has 29 heavy (non-hydrogen) atoms. The lowest BCUT2D eigenvalue weighted by atomic mass is 9.77. The Morgan fingerprint density at radius 2 is 1.28 bits per heavy atom. The van der Waals surface area contributed by atoms with E-state index in [0.717, 1.165) is 22.4 Å². The molecule has 142 valence electrons. The molecule has 0 saturated heterocycles. The van der Waals surface area contributed by atoms with Crippen molar-refractivity contribution in [3.63, 3.8) is 0 Å². The molecule has 4 rings (SSSR count). The summed E-state index contributed by atoms with van der Waals surface area (Å²) in [4.78, 5) is 4.58. The second-order valence-corrected chi connectivity index (χ2v) is 7.02. The van der Waals surface area contributed by atoms with E-state index in [0.29, 0.717) is 6.42 Å². The molecule has 1 atom stereocenters. The number of nitrogens with zero attached hydrogens (tertiary/aromatic N) is 3. The second kappa shape index (κ2) is 8.14. The van der Waals surface area contributed by atoms with Crippen LogP contribution < -0.4 is 5.73 Å². The van der Waals surface area contributed by atoms with Crippen LogP contribution in [0, 0.1) is 11.3 Å². The highest BCUT2D eigenvalue weighted by Crippen LogP contribution is 2.40. The molecule has 1 heterocycles. The Morgan fingerprint density at radius 3 is 1.69 bits per heavy atom. The van der Waals surface area contributed by atoms with E-state index in [2.05, 4.69) is 88.4 Å². The smallest absolute Gasteiger partial charge is 0.121 e. The Bertz CT molecular complexity index is 999. The van der Waals surface area contributed by atoms with Gasteiger partial charge in [-0.05, 0) is 16.7 Å². The highest BCUT2D eigenvalue weighted by molar-refractivity contribution is 5.50. The van der Waals surface area contributed by atoms with Crippen LogP contribution >= 0.6 is 0 Å². The van der Waals surface area contributed by atoms with E-state index in [1.807, 2.05) is 30.7 Å². The van der Waals surface area contributed by atoms with Gasteiger partial charge in [0.15, 0.2) is 0 Å². The predicted molar refractivity (Wildman–Crippen MR) is 114 cm³/mol. The molecule has 3 aromatic carbocycles. The molecule has 0 spiro atoms. The van der Waals surface area contributed by atoms with E-state index in [-0.39, 0.29) is 0 Å². The van der Waals surface area contributed by atoms with Crippen molar-refractivity contribution in [2.75, 3.05) is 0 Å². The summed E-state index contributed by atoms with van der Waals surface area (Å²) >= 11 is 0. The van der Waals surface area contributed by atoms with Crippen LogP contribution in [-0.2, 0) is 12.0 Å². The largest absolute Gasteiger partial charge is 0.319 e. The van der Waals surface area contributed by atoms with Gasteiger partial charge in [0.25, 0.3) is 0 Å². The molecule has 2 N–H and O–H groups in total. The number of nitriles is 1. The summed E-state index contributed by atoms with van der Waals surface area (Å²) in [5, 5.41) is 9.09. The van der Waals surface area contributed by atoms with Crippen molar-refractivity contribution in [1.29, 1.82) is 5.26 Å². The predicted octanol–water partition coefficient (Wildman–Crippen LogP) is 4.12. The molecule has 0 amide bonds. The van der Waals surface area contributed by atoms with Crippen molar-refractivity contribution in [3.8, 4) is 6.07 Å². The minimum Gasteiger partial charge on any atom is -0.319 e. The van der Waals surface area contributed by atoms with Gasteiger partial charge in [0.05, 0.1) is 24.1 Å². The fourth-order valence-electron chi connectivity index (χ4n) is 3.91. The maximum Gasteiger partial charge on any atom is 0.121 e. The minimum atomic E-state index is -0.591. The molecule has 0 fully saturated rings. The first-order valence-electron chi connectivity index (χ1n) is 9.60. The minimum absolute atomic E-state index is 0.415. The Morgan fingerprint density at radius 1 is 0.828 bits per heavy atom. The molecule has 0 radical (unpaired) electrons. The Labute approximate surface area is 170 Å². The number of rotatable bonds is 6. The van der Waals surface area contributed by atoms with Gasteiger partial charge in [0.2, 0.25) is 0 Å². The van der Waals surface area contributed by atoms with Gasteiger partial charge < -0.3 is 10.3 Å². The topological polar surface area (TPSA) is 67.6 Å². The first kappa shape index (κ1) is 18.7. The zero-order valence-electron chi connectivity index (χ0n) is 16.0. The van der Waals surface area contributed by atoms with Crippen molar-refractivity contribution >= 4 is 0 Å². The highest BCUT2D eigenvalue weighted by atomic mass is 15.1. The third-order valence-corrected chi connectivity index (χ3v) is 5.19. The molecule has 0 saturated carbocycles. The number of hydrogen-bond acceptors (Lipinski definition) is 3. The summed E-state index contributed by atoms with van der Waals surface area (Å²) < 4.78 is 2.13. The lowest BCUT2D eigenvalue weighted by molar-refractivity contribution is 0.514. The molecule has 1 aromatic heterocycles. The van der Waals surface area contributed by atoms with E-state index in [1.165, 1.54) is 0 Å². The Kier molecular flexibility index (Phi) is 5.24.